The van der Waals surface area contributed by atoms with Gasteiger partial charge >= 0.3 is 0 Å². The van der Waals surface area contributed by atoms with E-state index in [4.69, 9.17) is 23.2 Å². The van der Waals surface area contributed by atoms with Crippen LogP contribution in [0.15, 0.2) is 60.9 Å². The van der Waals surface area contributed by atoms with Gasteiger partial charge in [-0.15, -0.1) is 0 Å². The van der Waals surface area contributed by atoms with Crippen LogP contribution in [0, 0.1) is 0 Å². The van der Waals surface area contributed by atoms with Crippen LogP contribution in [0.2, 0.25) is 10.0 Å². The molecule has 116 valence electrons. The van der Waals surface area contributed by atoms with Crippen LogP contribution in [0.3, 0.4) is 0 Å². The Morgan fingerprint density at radius 2 is 1.87 bits per heavy atom. The lowest BCUT2D eigenvalue weighted by molar-refractivity contribution is 0.102. The molecule has 0 atom stereocenters. The van der Waals surface area contributed by atoms with Crippen LogP contribution in [-0.2, 0) is 6.54 Å². The number of aromatic nitrogens is 2. The molecule has 1 N–H and O–H groups in total. The number of nitrogens with one attached hydrogen (secondary N) is 1. The van der Waals surface area contributed by atoms with Crippen LogP contribution in [0.4, 0.5) is 5.69 Å². The number of rotatable bonds is 4. The molecule has 0 aliphatic rings. The Morgan fingerprint density at radius 1 is 1.09 bits per heavy atom. The number of hydrogen-bond donors (Lipinski definition) is 1. The van der Waals surface area contributed by atoms with Gasteiger partial charge in [-0.1, -0.05) is 35.3 Å². The van der Waals surface area contributed by atoms with Crippen molar-refractivity contribution in [2.75, 3.05) is 5.32 Å². The Bertz CT molecular complexity index is 828. The molecule has 4 nitrogen and oxygen atoms in total. The van der Waals surface area contributed by atoms with Gasteiger partial charge in [0.05, 0.1) is 18.4 Å². The van der Waals surface area contributed by atoms with Gasteiger partial charge in [0.1, 0.15) is 0 Å². The van der Waals surface area contributed by atoms with Gasteiger partial charge in [0.2, 0.25) is 0 Å². The van der Waals surface area contributed by atoms with Crippen LogP contribution in [0.25, 0.3) is 0 Å². The number of hydrogen-bond acceptors (Lipinski definition) is 2. The molecular weight excluding hydrogens is 333 g/mol. The zero-order valence-electron chi connectivity index (χ0n) is 12.0. The molecule has 0 saturated carbocycles. The van der Waals surface area contributed by atoms with Gasteiger partial charge in [-0.05, 0) is 42.0 Å². The highest BCUT2D eigenvalue weighted by Crippen LogP contribution is 2.14. The fourth-order valence-electron chi connectivity index (χ4n) is 2.14. The Hall–Kier alpha value is -2.30. The Balaban J connectivity index is 1.67. The van der Waals surface area contributed by atoms with E-state index in [0.717, 1.165) is 5.56 Å². The standard InChI is InChI=1S/C17H13Cl2N3O/c18-14-6-4-13(5-7-14)17(23)21-16-9-20-22(11-16)10-12-2-1-3-15(19)8-12/h1-9,11H,10H2,(H,21,23). The molecule has 0 unspecified atom stereocenters. The van der Waals surface area contributed by atoms with Crippen molar-refractivity contribution in [3.8, 4) is 0 Å². The average Bonchev–Trinajstić information content (AvgIpc) is 2.95. The van der Waals surface area contributed by atoms with Crippen molar-refractivity contribution in [1.82, 2.24) is 9.78 Å². The molecule has 3 aromatic rings. The molecule has 0 saturated heterocycles. The van der Waals surface area contributed by atoms with Gasteiger partial charge in [-0.3, -0.25) is 9.48 Å². The van der Waals surface area contributed by atoms with E-state index in [2.05, 4.69) is 10.4 Å². The van der Waals surface area contributed by atoms with E-state index in [1.807, 2.05) is 24.3 Å². The van der Waals surface area contributed by atoms with Crippen LogP contribution in [-0.4, -0.2) is 15.7 Å². The maximum Gasteiger partial charge on any atom is 0.255 e. The molecule has 1 amide bonds. The van der Waals surface area contributed by atoms with Gasteiger partial charge in [0.15, 0.2) is 0 Å². The fourth-order valence-corrected chi connectivity index (χ4v) is 2.48. The summed E-state index contributed by atoms with van der Waals surface area (Å²) in [5, 5.41) is 8.32. The minimum Gasteiger partial charge on any atom is -0.319 e. The van der Waals surface area contributed by atoms with E-state index in [1.54, 1.807) is 41.3 Å². The molecule has 1 heterocycles. The predicted molar refractivity (Wildman–Crippen MR) is 92.2 cm³/mol. The Morgan fingerprint density at radius 3 is 2.61 bits per heavy atom. The van der Waals surface area contributed by atoms with Gasteiger partial charge in [0.25, 0.3) is 5.91 Å². The molecule has 0 radical (unpaired) electrons. The number of amides is 1. The van der Waals surface area contributed by atoms with E-state index in [-0.39, 0.29) is 5.91 Å². The lowest BCUT2D eigenvalue weighted by Crippen LogP contribution is -2.11. The summed E-state index contributed by atoms with van der Waals surface area (Å²) in [6.07, 6.45) is 3.38. The molecule has 3 rings (SSSR count). The third-order valence-corrected chi connectivity index (χ3v) is 3.72. The first-order valence-electron chi connectivity index (χ1n) is 6.94. The van der Waals surface area contributed by atoms with E-state index >= 15 is 0 Å². The van der Waals surface area contributed by atoms with Crippen LogP contribution >= 0.6 is 23.2 Å². The monoisotopic (exact) mass is 345 g/mol. The van der Waals surface area contributed by atoms with Gasteiger partial charge in [0, 0.05) is 21.8 Å². The molecule has 0 spiro atoms. The largest absolute Gasteiger partial charge is 0.319 e. The quantitative estimate of drug-likeness (QED) is 0.757. The van der Waals surface area contributed by atoms with Crippen LogP contribution < -0.4 is 5.32 Å². The molecule has 1 aromatic heterocycles. The molecule has 0 fully saturated rings. The summed E-state index contributed by atoms with van der Waals surface area (Å²) in [5.74, 6) is -0.205. The lowest BCUT2D eigenvalue weighted by atomic mass is 10.2. The van der Waals surface area contributed by atoms with E-state index in [1.165, 1.54) is 0 Å². The Kier molecular flexibility index (Phi) is 4.65. The molecule has 0 bridgehead atoms. The molecule has 0 aliphatic heterocycles. The first-order valence-corrected chi connectivity index (χ1v) is 7.69. The third kappa shape index (κ3) is 4.12. The van der Waals surface area contributed by atoms with Crippen molar-refractivity contribution in [1.29, 1.82) is 0 Å². The number of halogens is 2. The second-order valence-electron chi connectivity index (χ2n) is 5.02. The van der Waals surface area contributed by atoms with Crippen molar-refractivity contribution in [3.05, 3.63) is 82.1 Å². The predicted octanol–water partition coefficient (Wildman–Crippen LogP) is 4.49. The molecule has 2 aromatic carbocycles. The number of benzene rings is 2. The van der Waals surface area contributed by atoms with Gasteiger partial charge < -0.3 is 5.32 Å². The van der Waals surface area contributed by atoms with Crippen LogP contribution in [0.1, 0.15) is 15.9 Å². The molecule has 0 aliphatic carbocycles. The van der Waals surface area contributed by atoms with E-state index in [0.29, 0.717) is 27.8 Å². The zero-order chi connectivity index (χ0) is 16.2. The minimum absolute atomic E-state index is 0.205. The second kappa shape index (κ2) is 6.86. The number of carbonyl (C=O) groups excluding carboxylic acids is 1. The van der Waals surface area contributed by atoms with Gasteiger partial charge in [-0.2, -0.15) is 5.10 Å². The number of carbonyl (C=O) groups is 1. The normalized spacial score (nSPS) is 10.5. The number of nitrogens with zero attached hydrogens (tertiary/aromatic N) is 2. The van der Waals surface area contributed by atoms with E-state index in [9.17, 15) is 4.79 Å². The maximum atomic E-state index is 12.1. The zero-order valence-corrected chi connectivity index (χ0v) is 13.6. The molecule has 23 heavy (non-hydrogen) atoms. The molecular formula is C17H13Cl2N3O. The second-order valence-corrected chi connectivity index (χ2v) is 5.89. The lowest BCUT2D eigenvalue weighted by Gasteiger charge is -2.03. The highest BCUT2D eigenvalue weighted by molar-refractivity contribution is 6.31. The first kappa shape index (κ1) is 15.6. The minimum atomic E-state index is -0.205. The fraction of sp³-hybridized carbons (Fsp3) is 0.0588. The van der Waals surface area contributed by atoms with Crippen molar-refractivity contribution < 1.29 is 4.79 Å². The highest BCUT2D eigenvalue weighted by atomic mass is 35.5. The summed E-state index contributed by atoms with van der Waals surface area (Å²) >= 11 is 11.8. The highest BCUT2D eigenvalue weighted by Gasteiger charge is 2.07. The summed E-state index contributed by atoms with van der Waals surface area (Å²) in [6, 6.07) is 14.3. The van der Waals surface area contributed by atoms with Crippen molar-refractivity contribution in [2.45, 2.75) is 6.54 Å². The smallest absolute Gasteiger partial charge is 0.255 e. The van der Waals surface area contributed by atoms with Crippen molar-refractivity contribution in [2.24, 2.45) is 0 Å². The SMILES string of the molecule is O=C(Nc1cnn(Cc2cccc(Cl)c2)c1)c1ccc(Cl)cc1. The first-order chi connectivity index (χ1) is 11.1. The van der Waals surface area contributed by atoms with Crippen molar-refractivity contribution in [3.63, 3.8) is 0 Å². The maximum absolute atomic E-state index is 12.1. The van der Waals surface area contributed by atoms with E-state index < -0.39 is 0 Å². The Labute approximate surface area is 143 Å². The summed E-state index contributed by atoms with van der Waals surface area (Å²) in [7, 11) is 0. The average molecular weight is 346 g/mol. The van der Waals surface area contributed by atoms with Crippen molar-refractivity contribution >= 4 is 34.8 Å². The van der Waals surface area contributed by atoms with Gasteiger partial charge in [-0.25, -0.2) is 0 Å². The number of anilines is 1. The summed E-state index contributed by atoms with van der Waals surface area (Å²) in [6.45, 7) is 0.581. The molecule has 6 heteroatoms. The summed E-state index contributed by atoms with van der Waals surface area (Å²) in [5.41, 5.74) is 2.21. The van der Waals surface area contributed by atoms with Crippen LogP contribution in [0.5, 0.6) is 0 Å². The summed E-state index contributed by atoms with van der Waals surface area (Å²) < 4.78 is 1.74. The third-order valence-electron chi connectivity index (χ3n) is 3.23. The summed E-state index contributed by atoms with van der Waals surface area (Å²) in [4.78, 5) is 12.1. The topological polar surface area (TPSA) is 46.9 Å².